The summed E-state index contributed by atoms with van der Waals surface area (Å²) in [4.78, 5) is 0. The van der Waals surface area contributed by atoms with E-state index in [0.29, 0.717) is 25.1 Å². The Hall–Kier alpha value is -1.58. The quantitative estimate of drug-likeness (QED) is 0.844. The molecule has 102 valence electrons. The van der Waals surface area contributed by atoms with Crippen molar-refractivity contribution in [1.82, 2.24) is 4.31 Å². The number of nitrogens with two attached hydrogens (primary N) is 1. The SMILES string of the molecule is CCC(C#N)S(=O)(=O)N1CCc2cccc(N)c2C1. The summed E-state index contributed by atoms with van der Waals surface area (Å²) in [6, 6.07) is 7.49. The summed E-state index contributed by atoms with van der Waals surface area (Å²) >= 11 is 0. The highest BCUT2D eigenvalue weighted by Crippen LogP contribution is 2.27. The number of hydrogen-bond donors (Lipinski definition) is 1. The van der Waals surface area contributed by atoms with Crippen molar-refractivity contribution < 1.29 is 8.42 Å². The minimum absolute atomic E-state index is 0.266. The summed E-state index contributed by atoms with van der Waals surface area (Å²) in [6.45, 7) is 2.39. The molecule has 0 saturated carbocycles. The van der Waals surface area contributed by atoms with E-state index in [9.17, 15) is 8.42 Å². The molecule has 1 unspecified atom stereocenters. The molecule has 0 radical (unpaired) electrons. The second-order valence-corrected chi connectivity index (χ2v) is 6.75. The van der Waals surface area contributed by atoms with Crippen molar-refractivity contribution in [3.8, 4) is 6.07 Å². The molecule has 1 heterocycles. The molecule has 1 aromatic rings. The van der Waals surface area contributed by atoms with Crippen LogP contribution in [-0.2, 0) is 23.0 Å². The average Bonchev–Trinajstić information content (AvgIpc) is 2.40. The normalized spacial score (nSPS) is 17.5. The average molecular weight is 279 g/mol. The van der Waals surface area contributed by atoms with Crippen molar-refractivity contribution in [3.63, 3.8) is 0 Å². The van der Waals surface area contributed by atoms with Crippen LogP contribution in [0.25, 0.3) is 0 Å². The fraction of sp³-hybridized carbons (Fsp3) is 0.462. The first-order valence-electron chi connectivity index (χ1n) is 6.25. The van der Waals surface area contributed by atoms with Gasteiger partial charge in [-0.25, -0.2) is 8.42 Å². The highest BCUT2D eigenvalue weighted by Gasteiger charge is 2.33. The molecule has 0 aliphatic carbocycles. The Morgan fingerprint density at radius 2 is 2.26 bits per heavy atom. The van der Waals surface area contributed by atoms with Gasteiger partial charge in [0.2, 0.25) is 10.0 Å². The number of rotatable bonds is 3. The number of nitrogen functional groups attached to an aromatic ring is 1. The second-order valence-electron chi connectivity index (χ2n) is 4.64. The number of nitriles is 1. The number of sulfonamides is 1. The van der Waals surface area contributed by atoms with Crippen LogP contribution in [0.2, 0.25) is 0 Å². The monoisotopic (exact) mass is 279 g/mol. The maximum absolute atomic E-state index is 12.3. The molecule has 2 rings (SSSR count). The van der Waals surface area contributed by atoms with Crippen molar-refractivity contribution in [3.05, 3.63) is 29.3 Å². The number of fused-ring (bicyclic) bond motifs is 1. The van der Waals surface area contributed by atoms with Crippen LogP contribution in [-0.4, -0.2) is 24.5 Å². The molecule has 0 bridgehead atoms. The summed E-state index contributed by atoms with van der Waals surface area (Å²) in [6.07, 6.45) is 0.938. The van der Waals surface area contributed by atoms with Gasteiger partial charge < -0.3 is 5.73 Å². The fourth-order valence-electron chi connectivity index (χ4n) is 2.35. The molecule has 0 amide bonds. The number of anilines is 1. The third-order valence-electron chi connectivity index (χ3n) is 3.51. The number of hydrogen-bond acceptors (Lipinski definition) is 4. The Bertz CT molecular complexity index is 619. The summed E-state index contributed by atoms with van der Waals surface area (Å²) in [7, 11) is -3.57. The van der Waals surface area contributed by atoms with Crippen molar-refractivity contribution >= 4 is 15.7 Å². The van der Waals surface area contributed by atoms with Gasteiger partial charge in [-0.15, -0.1) is 0 Å². The van der Waals surface area contributed by atoms with E-state index in [1.807, 2.05) is 18.2 Å². The lowest BCUT2D eigenvalue weighted by molar-refractivity contribution is 0.388. The fourth-order valence-corrected chi connectivity index (χ4v) is 3.92. The molecule has 1 aromatic carbocycles. The van der Waals surface area contributed by atoms with Gasteiger partial charge in [-0.3, -0.25) is 0 Å². The van der Waals surface area contributed by atoms with E-state index in [2.05, 4.69) is 0 Å². The highest BCUT2D eigenvalue weighted by atomic mass is 32.2. The van der Waals surface area contributed by atoms with Crippen molar-refractivity contribution in [1.29, 1.82) is 5.26 Å². The van der Waals surface area contributed by atoms with E-state index < -0.39 is 15.3 Å². The Morgan fingerprint density at radius 3 is 2.89 bits per heavy atom. The summed E-state index contributed by atoms with van der Waals surface area (Å²) in [5.74, 6) is 0. The minimum Gasteiger partial charge on any atom is -0.398 e. The van der Waals surface area contributed by atoms with Gasteiger partial charge in [0.1, 0.15) is 0 Å². The zero-order valence-electron chi connectivity index (χ0n) is 10.8. The highest BCUT2D eigenvalue weighted by molar-refractivity contribution is 7.89. The largest absolute Gasteiger partial charge is 0.398 e. The van der Waals surface area contributed by atoms with Gasteiger partial charge in [0, 0.05) is 18.8 Å². The maximum atomic E-state index is 12.3. The van der Waals surface area contributed by atoms with Gasteiger partial charge in [0.05, 0.1) is 6.07 Å². The summed E-state index contributed by atoms with van der Waals surface area (Å²) in [5.41, 5.74) is 8.47. The van der Waals surface area contributed by atoms with E-state index in [0.717, 1.165) is 11.1 Å². The predicted octanol–water partition coefficient (Wildman–Crippen LogP) is 1.26. The van der Waals surface area contributed by atoms with E-state index in [4.69, 9.17) is 11.0 Å². The van der Waals surface area contributed by atoms with E-state index in [-0.39, 0.29) is 6.54 Å². The topological polar surface area (TPSA) is 87.2 Å². The molecule has 0 aromatic heterocycles. The van der Waals surface area contributed by atoms with Crippen LogP contribution in [0.4, 0.5) is 5.69 Å². The van der Waals surface area contributed by atoms with Crippen LogP contribution in [0, 0.1) is 11.3 Å². The molecule has 0 spiro atoms. The third kappa shape index (κ3) is 2.44. The van der Waals surface area contributed by atoms with Gasteiger partial charge in [0.25, 0.3) is 0 Å². The van der Waals surface area contributed by atoms with Crippen molar-refractivity contribution in [2.75, 3.05) is 12.3 Å². The molecule has 0 fully saturated rings. The zero-order valence-corrected chi connectivity index (χ0v) is 11.7. The Morgan fingerprint density at radius 1 is 1.53 bits per heavy atom. The molecular weight excluding hydrogens is 262 g/mol. The van der Waals surface area contributed by atoms with Crippen LogP contribution in [0.5, 0.6) is 0 Å². The minimum atomic E-state index is -3.57. The maximum Gasteiger partial charge on any atom is 0.230 e. The number of benzene rings is 1. The molecule has 1 aliphatic rings. The van der Waals surface area contributed by atoms with Crippen LogP contribution in [0.1, 0.15) is 24.5 Å². The first kappa shape index (κ1) is 13.8. The lowest BCUT2D eigenvalue weighted by Crippen LogP contribution is -2.41. The lowest BCUT2D eigenvalue weighted by atomic mass is 10.00. The first-order chi connectivity index (χ1) is 9.00. The molecule has 5 nitrogen and oxygen atoms in total. The number of nitrogens with zero attached hydrogens (tertiary/aromatic N) is 2. The zero-order chi connectivity index (χ0) is 14.0. The van der Waals surface area contributed by atoms with Crippen LogP contribution in [0.15, 0.2) is 18.2 Å². The molecule has 1 aliphatic heterocycles. The Kier molecular flexibility index (Phi) is 3.78. The van der Waals surface area contributed by atoms with Gasteiger partial charge in [-0.05, 0) is 30.0 Å². The summed E-state index contributed by atoms with van der Waals surface area (Å²) < 4.78 is 26.0. The van der Waals surface area contributed by atoms with E-state index in [1.165, 1.54) is 4.31 Å². The van der Waals surface area contributed by atoms with Gasteiger partial charge in [-0.1, -0.05) is 19.1 Å². The molecule has 19 heavy (non-hydrogen) atoms. The summed E-state index contributed by atoms with van der Waals surface area (Å²) in [5, 5.41) is 7.99. The van der Waals surface area contributed by atoms with E-state index in [1.54, 1.807) is 13.0 Å². The molecule has 1 atom stereocenters. The van der Waals surface area contributed by atoms with Gasteiger partial charge >= 0.3 is 0 Å². The Labute approximate surface area is 113 Å². The molecule has 6 heteroatoms. The van der Waals surface area contributed by atoms with Gasteiger partial charge in [0.15, 0.2) is 5.25 Å². The predicted molar refractivity (Wildman–Crippen MR) is 73.6 cm³/mol. The van der Waals surface area contributed by atoms with Crippen molar-refractivity contribution in [2.24, 2.45) is 0 Å². The smallest absolute Gasteiger partial charge is 0.230 e. The molecule has 0 saturated heterocycles. The van der Waals surface area contributed by atoms with Crippen molar-refractivity contribution in [2.45, 2.75) is 31.6 Å². The lowest BCUT2D eigenvalue weighted by Gasteiger charge is -2.30. The molecular formula is C13H17N3O2S. The van der Waals surface area contributed by atoms with E-state index >= 15 is 0 Å². The van der Waals surface area contributed by atoms with Crippen LogP contribution >= 0.6 is 0 Å². The van der Waals surface area contributed by atoms with Crippen LogP contribution in [0.3, 0.4) is 0 Å². The Balaban J connectivity index is 2.32. The molecule has 2 N–H and O–H groups in total. The second kappa shape index (κ2) is 5.19. The first-order valence-corrected chi connectivity index (χ1v) is 7.75. The third-order valence-corrected chi connectivity index (χ3v) is 5.70. The standard InChI is InChI=1S/C13H17N3O2S/c1-2-11(8-14)19(17,18)16-7-6-10-4-3-5-13(15)12(10)9-16/h3-5,11H,2,6-7,9,15H2,1H3. The van der Waals surface area contributed by atoms with Crippen LogP contribution < -0.4 is 5.73 Å². The van der Waals surface area contributed by atoms with Gasteiger partial charge in [-0.2, -0.15) is 9.57 Å².